The summed E-state index contributed by atoms with van der Waals surface area (Å²) in [6, 6.07) is 8.92. The molecule has 1 aliphatic carbocycles. The van der Waals surface area contributed by atoms with Crippen molar-refractivity contribution in [3.8, 4) is 0 Å². The molecule has 1 fully saturated rings. The normalized spacial score (nSPS) is 15.6. The van der Waals surface area contributed by atoms with Gasteiger partial charge in [-0.3, -0.25) is 4.79 Å². The minimum Gasteiger partial charge on any atom is -0.343 e. The molecule has 0 aliphatic heterocycles. The van der Waals surface area contributed by atoms with E-state index >= 15 is 0 Å². The quantitative estimate of drug-likeness (QED) is 0.921. The van der Waals surface area contributed by atoms with E-state index in [9.17, 15) is 18.0 Å². The summed E-state index contributed by atoms with van der Waals surface area (Å²) < 4.78 is 39.0. The van der Waals surface area contributed by atoms with Crippen molar-refractivity contribution in [2.24, 2.45) is 0 Å². The molecule has 2 aromatic rings. The minimum absolute atomic E-state index is 0.0577. The van der Waals surface area contributed by atoms with Crippen molar-refractivity contribution in [1.82, 2.24) is 5.32 Å². The number of carbonyl (C=O) groups is 1. The van der Waals surface area contributed by atoms with Gasteiger partial charge in [-0.05, 0) is 48.7 Å². The molecule has 3 rings (SSSR count). The van der Waals surface area contributed by atoms with Gasteiger partial charge in [-0.1, -0.05) is 12.1 Å². The number of benzene rings is 2. The highest BCUT2D eigenvalue weighted by molar-refractivity contribution is 5.95. The lowest BCUT2D eigenvalue weighted by Gasteiger charge is -2.18. The Labute approximate surface area is 119 Å². The Morgan fingerprint density at radius 2 is 1.62 bits per heavy atom. The Bertz CT molecular complexity index is 693. The van der Waals surface area contributed by atoms with Crippen molar-refractivity contribution in [1.29, 1.82) is 0 Å². The molecule has 1 saturated carbocycles. The summed E-state index contributed by atoms with van der Waals surface area (Å²) in [7, 11) is 0. The highest BCUT2D eigenvalue weighted by Crippen LogP contribution is 2.45. The average molecular weight is 291 g/mol. The summed E-state index contributed by atoms with van der Waals surface area (Å²) in [4.78, 5) is 12.1. The fourth-order valence-corrected chi connectivity index (χ4v) is 2.31. The van der Waals surface area contributed by atoms with Crippen LogP contribution in [-0.4, -0.2) is 5.91 Å². The van der Waals surface area contributed by atoms with Gasteiger partial charge >= 0.3 is 0 Å². The van der Waals surface area contributed by atoms with E-state index in [0.717, 1.165) is 30.5 Å². The summed E-state index contributed by atoms with van der Waals surface area (Å²) in [6.45, 7) is 0. The van der Waals surface area contributed by atoms with Crippen LogP contribution in [0.25, 0.3) is 0 Å². The molecule has 108 valence electrons. The van der Waals surface area contributed by atoms with E-state index in [1.807, 2.05) is 0 Å². The summed E-state index contributed by atoms with van der Waals surface area (Å²) in [5.41, 5.74) is 0.331. The molecule has 1 N–H and O–H groups in total. The molecule has 1 amide bonds. The third-order valence-corrected chi connectivity index (χ3v) is 3.68. The lowest BCUT2D eigenvalue weighted by molar-refractivity contribution is 0.0930. The lowest BCUT2D eigenvalue weighted by Crippen LogP contribution is -2.34. The highest BCUT2D eigenvalue weighted by atomic mass is 19.2. The summed E-state index contributed by atoms with van der Waals surface area (Å²) in [6.07, 6.45) is 1.46. The number of rotatable bonds is 3. The first kappa shape index (κ1) is 13.7. The topological polar surface area (TPSA) is 29.1 Å². The number of carbonyl (C=O) groups excluding carboxylic acids is 1. The average Bonchev–Trinajstić information content (AvgIpc) is 3.23. The predicted octanol–water partition coefficient (Wildman–Crippen LogP) is 3.52. The Kier molecular flexibility index (Phi) is 3.20. The van der Waals surface area contributed by atoms with Crippen molar-refractivity contribution >= 4 is 5.91 Å². The zero-order chi connectivity index (χ0) is 15.0. The van der Waals surface area contributed by atoms with Gasteiger partial charge in [0, 0.05) is 5.56 Å². The molecule has 0 bridgehead atoms. The maximum Gasteiger partial charge on any atom is 0.252 e. The monoisotopic (exact) mass is 291 g/mol. The van der Waals surface area contributed by atoms with Gasteiger partial charge in [0.25, 0.3) is 5.91 Å². The Morgan fingerprint density at radius 1 is 0.952 bits per heavy atom. The van der Waals surface area contributed by atoms with Crippen LogP contribution in [0, 0.1) is 17.5 Å². The van der Waals surface area contributed by atoms with Crippen LogP contribution in [0.15, 0.2) is 42.5 Å². The van der Waals surface area contributed by atoms with Gasteiger partial charge in [0.1, 0.15) is 5.82 Å². The van der Waals surface area contributed by atoms with Gasteiger partial charge in [0.15, 0.2) is 11.6 Å². The third-order valence-electron chi connectivity index (χ3n) is 3.68. The van der Waals surface area contributed by atoms with E-state index in [4.69, 9.17) is 0 Å². The van der Waals surface area contributed by atoms with Crippen LogP contribution in [-0.2, 0) is 5.54 Å². The van der Waals surface area contributed by atoms with Crippen molar-refractivity contribution in [3.63, 3.8) is 0 Å². The number of amides is 1. The fraction of sp³-hybridized carbons (Fsp3) is 0.188. The van der Waals surface area contributed by atoms with Crippen LogP contribution >= 0.6 is 0 Å². The zero-order valence-electron chi connectivity index (χ0n) is 11.0. The zero-order valence-corrected chi connectivity index (χ0v) is 11.0. The largest absolute Gasteiger partial charge is 0.343 e. The van der Waals surface area contributed by atoms with Crippen LogP contribution in [0.5, 0.6) is 0 Å². The van der Waals surface area contributed by atoms with Gasteiger partial charge in [0.05, 0.1) is 5.54 Å². The summed E-state index contributed by atoms with van der Waals surface area (Å²) >= 11 is 0. The molecule has 2 aromatic carbocycles. The number of hydrogen-bond acceptors (Lipinski definition) is 1. The minimum atomic E-state index is -1.06. The van der Waals surface area contributed by atoms with Crippen LogP contribution in [0.4, 0.5) is 13.2 Å². The van der Waals surface area contributed by atoms with Gasteiger partial charge in [-0.2, -0.15) is 0 Å². The molecule has 0 spiro atoms. The van der Waals surface area contributed by atoms with E-state index in [-0.39, 0.29) is 11.4 Å². The molecule has 21 heavy (non-hydrogen) atoms. The Morgan fingerprint density at radius 3 is 2.19 bits per heavy atom. The van der Waals surface area contributed by atoms with Crippen molar-refractivity contribution < 1.29 is 18.0 Å². The maximum atomic E-state index is 13.2. The SMILES string of the molecule is O=C(NC1(c2ccc(F)cc2)CC1)c1ccc(F)c(F)c1. The maximum absolute atomic E-state index is 13.2. The summed E-state index contributed by atoms with van der Waals surface area (Å²) in [5, 5.41) is 2.82. The second-order valence-electron chi connectivity index (χ2n) is 5.17. The summed E-state index contributed by atoms with van der Waals surface area (Å²) in [5.74, 6) is -2.88. The second-order valence-corrected chi connectivity index (χ2v) is 5.17. The first-order valence-corrected chi connectivity index (χ1v) is 6.54. The van der Waals surface area contributed by atoms with Crippen molar-refractivity contribution in [2.45, 2.75) is 18.4 Å². The third kappa shape index (κ3) is 2.63. The smallest absolute Gasteiger partial charge is 0.252 e. The molecule has 0 heterocycles. The number of hydrogen-bond donors (Lipinski definition) is 1. The molecular weight excluding hydrogens is 279 g/mol. The van der Waals surface area contributed by atoms with E-state index in [1.165, 1.54) is 18.2 Å². The van der Waals surface area contributed by atoms with Crippen LogP contribution < -0.4 is 5.32 Å². The predicted molar refractivity (Wildman–Crippen MR) is 71.1 cm³/mol. The fourth-order valence-electron chi connectivity index (χ4n) is 2.31. The molecule has 0 unspecified atom stereocenters. The van der Waals surface area contributed by atoms with Gasteiger partial charge in [-0.25, -0.2) is 13.2 Å². The number of nitrogens with one attached hydrogen (secondary N) is 1. The molecule has 0 aromatic heterocycles. The van der Waals surface area contributed by atoms with E-state index in [1.54, 1.807) is 12.1 Å². The molecule has 5 heteroatoms. The molecule has 2 nitrogen and oxygen atoms in total. The standard InChI is InChI=1S/C16H12F3NO/c17-12-4-2-11(3-5-12)16(7-8-16)20-15(21)10-1-6-13(18)14(19)9-10/h1-6,9H,7-8H2,(H,20,21). The first-order chi connectivity index (χ1) is 10.00. The Balaban J connectivity index is 1.81. The van der Waals surface area contributed by atoms with Crippen molar-refractivity contribution in [3.05, 3.63) is 71.0 Å². The van der Waals surface area contributed by atoms with Gasteiger partial charge < -0.3 is 5.32 Å². The molecule has 0 saturated heterocycles. The van der Waals surface area contributed by atoms with Crippen molar-refractivity contribution in [2.75, 3.05) is 0 Å². The molecular formula is C16H12F3NO. The second kappa shape index (κ2) is 4.91. The highest BCUT2D eigenvalue weighted by Gasteiger charge is 2.45. The van der Waals surface area contributed by atoms with Gasteiger partial charge in [0.2, 0.25) is 0 Å². The van der Waals surface area contributed by atoms with Crippen LogP contribution in [0.1, 0.15) is 28.8 Å². The van der Waals surface area contributed by atoms with Crippen LogP contribution in [0.3, 0.4) is 0 Å². The number of halogens is 3. The van der Waals surface area contributed by atoms with Gasteiger partial charge in [-0.15, -0.1) is 0 Å². The molecule has 1 aliphatic rings. The molecule has 0 radical (unpaired) electrons. The first-order valence-electron chi connectivity index (χ1n) is 6.54. The Hall–Kier alpha value is -2.30. The van der Waals surface area contributed by atoms with E-state index in [2.05, 4.69) is 5.32 Å². The van der Waals surface area contributed by atoms with E-state index in [0.29, 0.717) is 0 Å². The molecule has 0 atom stereocenters. The lowest BCUT2D eigenvalue weighted by atomic mass is 10.0. The van der Waals surface area contributed by atoms with E-state index < -0.39 is 23.1 Å². The van der Waals surface area contributed by atoms with Crippen LogP contribution in [0.2, 0.25) is 0 Å².